The van der Waals surface area contributed by atoms with E-state index in [1.807, 2.05) is 42.5 Å². The van der Waals surface area contributed by atoms with Crippen molar-refractivity contribution in [1.82, 2.24) is 15.2 Å². The van der Waals surface area contributed by atoms with Gasteiger partial charge in [-0.25, -0.2) is 4.79 Å². The summed E-state index contributed by atoms with van der Waals surface area (Å²) in [5.74, 6) is -1.11. The number of carboxylic acid groups (broad SMARTS) is 1. The smallest absolute Gasteiger partial charge is 0.317 e. The number of nitrogens with zero attached hydrogens (tertiary/aromatic N) is 2. The highest BCUT2D eigenvalue weighted by Gasteiger charge is 2.26. The molecule has 2 amide bonds. The van der Waals surface area contributed by atoms with E-state index in [-0.39, 0.29) is 11.9 Å². The van der Waals surface area contributed by atoms with E-state index in [9.17, 15) is 9.59 Å². The third-order valence-corrected chi connectivity index (χ3v) is 4.46. The normalized spacial score (nSPS) is 15.0. The molecule has 0 bridgehead atoms. The van der Waals surface area contributed by atoms with E-state index in [0.29, 0.717) is 32.5 Å². The molecule has 0 atom stereocenters. The zero-order valence-corrected chi connectivity index (χ0v) is 13.9. The molecule has 1 aliphatic rings. The molecular formula is C19H21N3O3. The van der Waals surface area contributed by atoms with Gasteiger partial charge in [-0.15, -0.1) is 0 Å². The van der Waals surface area contributed by atoms with Gasteiger partial charge in [0, 0.05) is 31.4 Å². The van der Waals surface area contributed by atoms with Crippen LogP contribution in [-0.2, 0) is 11.3 Å². The highest BCUT2D eigenvalue weighted by atomic mass is 16.4. The maximum atomic E-state index is 12.3. The van der Waals surface area contributed by atoms with Crippen molar-refractivity contribution in [2.45, 2.75) is 19.4 Å². The van der Waals surface area contributed by atoms with Gasteiger partial charge in [0.1, 0.15) is 0 Å². The zero-order valence-electron chi connectivity index (χ0n) is 13.9. The van der Waals surface area contributed by atoms with Gasteiger partial charge < -0.3 is 15.3 Å². The van der Waals surface area contributed by atoms with Gasteiger partial charge in [0.15, 0.2) is 0 Å². The Morgan fingerprint density at radius 1 is 1.16 bits per heavy atom. The Morgan fingerprint density at radius 3 is 2.64 bits per heavy atom. The van der Waals surface area contributed by atoms with E-state index in [1.54, 1.807) is 11.1 Å². The standard InChI is InChI=1S/C19H21N3O3/c23-18(24)15-7-10-22(11-8-15)19(25)21-13-14-4-3-5-16(12-14)17-6-1-2-9-20-17/h1-6,9,12,15H,7-8,10-11,13H2,(H,21,25)(H,23,24). The molecule has 0 radical (unpaired) electrons. The van der Waals surface area contributed by atoms with Gasteiger partial charge in [0.25, 0.3) is 0 Å². The Balaban J connectivity index is 1.55. The Kier molecular flexibility index (Phi) is 5.28. The van der Waals surface area contributed by atoms with Crippen molar-refractivity contribution in [3.63, 3.8) is 0 Å². The molecule has 1 aromatic carbocycles. The molecule has 1 aliphatic heterocycles. The van der Waals surface area contributed by atoms with Crippen LogP contribution in [0.1, 0.15) is 18.4 Å². The Hall–Kier alpha value is -2.89. The quantitative estimate of drug-likeness (QED) is 0.897. The fourth-order valence-electron chi connectivity index (χ4n) is 2.99. The maximum Gasteiger partial charge on any atom is 0.317 e. The van der Waals surface area contributed by atoms with E-state index in [2.05, 4.69) is 10.3 Å². The number of amides is 2. The van der Waals surface area contributed by atoms with Crippen LogP contribution >= 0.6 is 0 Å². The first-order valence-corrected chi connectivity index (χ1v) is 8.39. The SMILES string of the molecule is O=C(O)C1CCN(C(=O)NCc2cccc(-c3ccccn3)c2)CC1. The molecule has 2 N–H and O–H groups in total. The third-order valence-electron chi connectivity index (χ3n) is 4.46. The Labute approximate surface area is 146 Å². The highest BCUT2D eigenvalue weighted by Crippen LogP contribution is 2.19. The lowest BCUT2D eigenvalue weighted by Gasteiger charge is -2.30. The van der Waals surface area contributed by atoms with Gasteiger partial charge in [-0.1, -0.05) is 24.3 Å². The summed E-state index contributed by atoms with van der Waals surface area (Å²) in [6.45, 7) is 1.39. The van der Waals surface area contributed by atoms with Crippen LogP contribution in [0.15, 0.2) is 48.7 Å². The van der Waals surface area contributed by atoms with Gasteiger partial charge in [0.2, 0.25) is 0 Å². The van der Waals surface area contributed by atoms with Gasteiger partial charge in [-0.2, -0.15) is 0 Å². The van der Waals surface area contributed by atoms with E-state index in [4.69, 9.17) is 5.11 Å². The molecule has 0 unspecified atom stereocenters. The highest BCUT2D eigenvalue weighted by molar-refractivity contribution is 5.75. The summed E-state index contributed by atoms with van der Waals surface area (Å²) in [5, 5.41) is 11.9. The molecule has 0 aliphatic carbocycles. The number of likely N-dealkylation sites (tertiary alicyclic amines) is 1. The minimum Gasteiger partial charge on any atom is -0.481 e. The van der Waals surface area contributed by atoms with E-state index >= 15 is 0 Å². The number of carbonyl (C=O) groups excluding carboxylic acids is 1. The molecule has 1 fully saturated rings. The number of benzene rings is 1. The van der Waals surface area contributed by atoms with Crippen molar-refractivity contribution in [3.8, 4) is 11.3 Å². The molecule has 2 aromatic rings. The lowest BCUT2D eigenvalue weighted by atomic mass is 9.97. The van der Waals surface area contributed by atoms with E-state index in [0.717, 1.165) is 16.8 Å². The number of piperidine rings is 1. The molecule has 1 saturated heterocycles. The van der Waals surface area contributed by atoms with Crippen LogP contribution in [0.3, 0.4) is 0 Å². The van der Waals surface area contributed by atoms with Gasteiger partial charge >= 0.3 is 12.0 Å². The van der Waals surface area contributed by atoms with Crippen molar-refractivity contribution < 1.29 is 14.7 Å². The molecule has 3 rings (SSSR count). The summed E-state index contributed by atoms with van der Waals surface area (Å²) in [4.78, 5) is 29.2. The first-order valence-electron chi connectivity index (χ1n) is 8.39. The van der Waals surface area contributed by atoms with Crippen LogP contribution in [0.5, 0.6) is 0 Å². The number of carbonyl (C=O) groups is 2. The van der Waals surface area contributed by atoms with E-state index < -0.39 is 5.97 Å². The summed E-state index contributed by atoms with van der Waals surface area (Å²) in [6, 6.07) is 13.5. The third kappa shape index (κ3) is 4.35. The van der Waals surface area contributed by atoms with Crippen molar-refractivity contribution in [1.29, 1.82) is 0 Å². The summed E-state index contributed by atoms with van der Waals surface area (Å²) < 4.78 is 0. The topological polar surface area (TPSA) is 82.5 Å². The van der Waals surface area contributed by atoms with Crippen LogP contribution in [-0.4, -0.2) is 40.1 Å². The zero-order chi connectivity index (χ0) is 17.6. The number of aliphatic carboxylic acids is 1. The van der Waals surface area contributed by atoms with Crippen LogP contribution in [0.25, 0.3) is 11.3 Å². The average Bonchev–Trinajstić information content (AvgIpc) is 2.67. The molecule has 130 valence electrons. The Bertz CT molecular complexity index is 741. The van der Waals surface area contributed by atoms with Crippen LogP contribution in [0, 0.1) is 5.92 Å². The van der Waals surface area contributed by atoms with Gasteiger partial charge in [0.05, 0.1) is 11.6 Å². The van der Waals surface area contributed by atoms with Gasteiger partial charge in [-0.3, -0.25) is 9.78 Å². The number of aromatic nitrogens is 1. The summed E-state index contributed by atoms with van der Waals surface area (Å²) in [6.07, 6.45) is 2.78. The first kappa shape index (κ1) is 17.0. The summed E-state index contributed by atoms with van der Waals surface area (Å²) in [7, 11) is 0. The number of pyridine rings is 1. The molecule has 1 aromatic heterocycles. The predicted octanol–water partition coefficient (Wildman–Crippen LogP) is 2.75. The number of hydrogen-bond donors (Lipinski definition) is 2. The second kappa shape index (κ2) is 7.79. The van der Waals surface area contributed by atoms with Crippen molar-refractivity contribution in [3.05, 3.63) is 54.2 Å². The molecule has 6 nitrogen and oxygen atoms in total. The largest absolute Gasteiger partial charge is 0.481 e. The summed E-state index contributed by atoms with van der Waals surface area (Å²) in [5.41, 5.74) is 2.90. The number of rotatable bonds is 4. The second-order valence-electron chi connectivity index (χ2n) is 6.17. The monoisotopic (exact) mass is 339 g/mol. The van der Waals surface area contributed by atoms with E-state index in [1.165, 1.54) is 0 Å². The molecule has 0 spiro atoms. The fraction of sp³-hybridized carbons (Fsp3) is 0.316. The molecule has 2 heterocycles. The minimum absolute atomic E-state index is 0.146. The average molecular weight is 339 g/mol. The van der Waals surface area contributed by atoms with Crippen LogP contribution in [0.2, 0.25) is 0 Å². The predicted molar refractivity (Wildman–Crippen MR) is 93.8 cm³/mol. The van der Waals surface area contributed by atoms with Crippen molar-refractivity contribution >= 4 is 12.0 Å². The number of carboxylic acids is 1. The molecule has 25 heavy (non-hydrogen) atoms. The minimum atomic E-state index is -0.772. The second-order valence-corrected chi connectivity index (χ2v) is 6.17. The fourth-order valence-corrected chi connectivity index (χ4v) is 2.99. The van der Waals surface area contributed by atoms with Gasteiger partial charge in [-0.05, 0) is 36.6 Å². The lowest BCUT2D eigenvalue weighted by molar-refractivity contribution is -0.143. The number of nitrogens with one attached hydrogen (secondary N) is 1. The van der Waals surface area contributed by atoms with Crippen LogP contribution in [0.4, 0.5) is 4.79 Å². The number of urea groups is 1. The van der Waals surface area contributed by atoms with Crippen molar-refractivity contribution in [2.75, 3.05) is 13.1 Å². The molecular weight excluding hydrogens is 318 g/mol. The lowest BCUT2D eigenvalue weighted by Crippen LogP contribution is -2.45. The first-order chi connectivity index (χ1) is 12.1. The van der Waals surface area contributed by atoms with Crippen LogP contribution < -0.4 is 5.32 Å². The van der Waals surface area contributed by atoms with Crippen molar-refractivity contribution in [2.24, 2.45) is 5.92 Å². The molecule has 6 heteroatoms. The number of hydrogen-bond acceptors (Lipinski definition) is 3. The Morgan fingerprint density at radius 2 is 1.96 bits per heavy atom. The molecule has 0 saturated carbocycles. The summed E-state index contributed by atoms with van der Waals surface area (Å²) >= 11 is 0. The maximum absolute atomic E-state index is 12.3.